The summed E-state index contributed by atoms with van der Waals surface area (Å²) in [5.74, 6) is 0. The first-order valence-corrected chi connectivity index (χ1v) is 7.37. The topological polar surface area (TPSA) is 67.6 Å². The van der Waals surface area contributed by atoms with E-state index in [0.717, 1.165) is 24.2 Å². The van der Waals surface area contributed by atoms with Crippen molar-refractivity contribution < 1.29 is 9.53 Å². The number of carbonyl (C=O) groups excluding carboxylic acids is 1. The average molecular weight is 297 g/mol. The van der Waals surface area contributed by atoms with Crippen LogP contribution in [0.15, 0.2) is 54.6 Å². The lowest BCUT2D eigenvalue weighted by Crippen LogP contribution is -2.42. The number of ether oxygens (including phenoxy) is 1. The second-order valence-electron chi connectivity index (χ2n) is 5.21. The summed E-state index contributed by atoms with van der Waals surface area (Å²) in [6, 6.07) is 16.5. The summed E-state index contributed by atoms with van der Waals surface area (Å²) in [4.78, 5) is 14.3. The summed E-state index contributed by atoms with van der Waals surface area (Å²) in [6.45, 7) is 0.693. The van der Waals surface area contributed by atoms with Gasteiger partial charge in [0.2, 0.25) is 0 Å². The number of nitrogen functional groups attached to an aromatic ring is 1. The van der Waals surface area contributed by atoms with Gasteiger partial charge in [-0.25, -0.2) is 4.79 Å². The SMILES string of the molecule is Nc1ccc(N(C(=O)NC2CCCO2)c2ccccc2)cc1. The zero-order chi connectivity index (χ0) is 15.4. The fourth-order valence-electron chi connectivity index (χ4n) is 2.48. The Hall–Kier alpha value is -2.53. The van der Waals surface area contributed by atoms with Crippen LogP contribution in [0.1, 0.15) is 12.8 Å². The lowest BCUT2D eigenvalue weighted by atomic mass is 10.2. The highest BCUT2D eigenvalue weighted by Gasteiger charge is 2.23. The van der Waals surface area contributed by atoms with Gasteiger partial charge in [-0.3, -0.25) is 4.90 Å². The minimum absolute atomic E-state index is 0.206. The first kappa shape index (κ1) is 14.4. The van der Waals surface area contributed by atoms with Crippen molar-refractivity contribution in [3.05, 3.63) is 54.6 Å². The number of amides is 2. The van der Waals surface area contributed by atoms with Gasteiger partial charge in [-0.1, -0.05) is 18.2 Å². The Bertz CT molecular complexity index is 622. The van der Waals surface area contributed by atoms with E-state index in [2.05, 4.69) is 5.32 Å². The van der Waals surface area contributed by atoms with Crippen molar-refractivity contribution in [3.63, 3.8) is 0 Å². The fraction of sp³-hybridized carbons (Fsp3) is 0.235. The maximum Gasteiger partial charge on any atom is 0.328 e. The lowest BCUT2D eigenvalue weighted by Gasteiger charge is -2.25. The number of nitrogens with one attached hydrogen (secondary N) is 1. The van der Waals surface area contributed by atoms with Gasteiger partial charge in [-0.05, 0) is 49.2 Å². The number of carbonyl (C=O) groups is 1. The molecule has 3 N–H and O–H groups in total. The normalized spacial score (nSPS) is 17.2. The smallest absolute Gasteiger partial charge is 0.328 e. The third-order valence-electron chi connectivity index (χ3n) is 3.58. The van der Waals surface area contributed by atoms with Crippen LogP contribution in [0.2, 0.25) is 0 Å². The Morgan fingerprint density at radius 2 is 1.77 bits per heavy atom. The third-order valence-corrected chi connectivity index (χ3v) is 3.58. The van der Waals surface area contributed by atoms with Crippen LogP contribution in [0, 0.1) is 0 Å². The predicted molar refractivity (Wildman–Crippen MR) is 86.9 cm³/mol. The maximum absolute atomic E-state index is 12.7. The molecule has 2 aromatic carbocycles. The Kier molecular flexibility index (Phi) is 4.25. The molecule has 0 aromatic heterocycles. The first-order chi connectivity index (χ1) is 10.7. The summed E-state index contributed by atoms with van der Waals surface area (Å²) < 4.78 is 5.49. The van der Waals surface area contributed by atoms with Crippen LogP contribution in [0.5, 0.6) is 0 Å². The molecule has 1 saturated heterocycles. The monoisotopic (exact) mass is 297 g/mol. The molecule has 114 valence electrons. The molecule has 1 unspecified atom stereocenters. The van der Waals surface area contributed by atoms with Crippen LogP contribution in [-0.2, 0) is 4.74 Å². The van der Waals surface area contributed by atoms with E-state index < -0.39 is 0 Å². The van der Waals surface area contributed by atoms with Crippen LogP contribution in [-0.4, -0.2) is 18.9 Å². The number of para-hydroxylation sites is 1. The molecule has 1 heterocycles. The number of hydrogen-bond donors (Lipinski definition) is 2. The van der Waals surface area contributed by atoms with Crippen molar-refractivity contribution in [2.24, 2.45) is 0 Å². The van der Waals surface area contributed by atoms with Crippen LogP contribution in [0.3, 0.4) is 0 Å². The number of nitrogens with zero attached hydrogens (tertiary/aromatic N) is 1. The second-order valence-corrected chi connectivity index (χ2v) is 5.21. The van der Waals surface area contributed by atoms with E-state index in [-0.39, 0.29) is 12.3 Å². The zero-order valence-corrected chi connectivity index (χ0v) is 12.2. The Balaban J connectivity index is 1.88. The Morgan fingerprint density at radius 1 is 1.09 bits per heavy atom. The highest BCUT2D eigenvalue weighted by atomic mass is 16.5. The zero-order valence-electron chi connectivity index (χ0n) is 12.2. The van der Waals surface area contributed by atoms with Crippen LogP contribution >= 0.6 is 0 Å². The van der Waals surface area contributed by atoms with Crippen molar-refractivity contribution in [1.82, 2.24) is 5.32 Å². The van der Waals surface area contributed by atoms with Crippen molar-refractivity contribution >= 4 is 23.1 Å². The molecule has 2 aromatic rings. The highest BCUT2D eigenvalue weighted by molar-refractivity contribution is 5.99. The van der Waals surface area contributed by atoms with Crippen LogP contribution < -0.4 is 16.0 Å². The number of hydrogen-bond acceptors (Lipinski definition) is 3. The van der Waals surface area contributed by atoms with Gasteiger partial charge in [-0.2, -0.15) is 0 Å². The summed E-state index contributed by atoms with van der Waals surface area (Å²) in [5.41, 5.74) is 7.95. The third kappa shape index (κ3) is 3.20. The van der Waals surface area contributed by atoms with Crippen molar-refractivity contribution in [3.8, 4) is 0 Å². The average Bonchev–Trinajstić information content (AvgIpc) is 3.03. The van der Waals surface area contributed by atoms with Crippen LogP contribution in [0.25, 0.3) is 0 Å². The van der Waals surface area contributed by atoms with E-state index >= 15 is 0 Å². The fourth-order valence-corrected chi connectivity index (χ4v) is 2.48. The van der Waals surface area contributed by atoms with Crippen LogP contribution in [0.4, 0.5) is 21.9 Å². The number of anilines is 3. The summed E-state index contributed by atoms with van der Waals surface area (Å²) >= 11 is 0. The van der Waals surface area contributed by atoms with Gasteiger partial charge in [-0.15, -0.1) is 0 Å². The highest BCUT2D eigenvalue weighted by Crippen LogP contribution is 2.26. The van der Waals surface area contributed by atoms with Gasteiger partial charge in [0.05, 0.1) is 11.4 Å². The largest absolute Gasteiger partial charge is 0.399 e. The molecule has 0 radical (unpaired) electrons. The maximum atomic E-state index is 12.7. The molecular weight excluding hydrogens is 278 g/mol. The molecule has 0 saturated carbocycles. The molecule has 1 fully saturated rings. The second kappa shape index (κ2) is 6.49. The number of urea groups is 1. The minimum atomic E-state index is -0.215. The van der Waals surface area contributed by atoms with Gasteiger partial charge in [0.15, 0.2) is 0 Å². The van der Waals surface area contributed by atoms with E-state index in [9.17, 15) is 4.79 Å². The van der Waals surface area contributed by atoms with E-state index in [1.807, 2.05) is 42.5 Å². The van der Waals surface area contributed by atoms with Gasteiger partial charge in [0.1, 0.15) is 6.23 Å². The lowest BCUT2D eigenvalue weighted by molar-refractivity contribution is 0.0921. The van der Waals surface area contributed by atoms with Gasteiger partial charge in [0.25, 0.3) is 0 Å². The molecule has 3 rings (SSSR count). The minimum Gasteiger partial charge on any atom is -0.399 e. The Labute approximate surface area is 129 Å². The number of nitrogens with two attached hydrogens (primary N) is 1. The van der Waals surface area contributed by atoms with Crippen molar-refractivity contribution in [1.29, 1.82) is 0 Å². The standard InChI is InChI=1S/C17H19N3O2/c18-13-8-10-15(11-9-13)20(14-5-2-1-3-6-14)17(21)19-16-7-4-12-22-16/h1-3,5-6,8-11,16H,4,7,12,18H2,(H,19,21). The molecule has 0 spiro atoms. The molecule has 5 nitrogen and oxygen atoms in total. The number of benzene rings is 2. The summed E-state index contributed by atoms with van der Waals surface area (Å²) in [7, 11) is 0. The van der Waals surface area contributed by atoms with E-state index in [1.165, 1.54) is 0 Å². The Morgan fingerprint density at radius 3 is 2.41 bits per heavy atom. The van der Waals surface area contributed by atoms with Crippen molar-refractivity contribution in [2.75, 3.05) is 17.2 Å². The molecule has 1 aliphatic heterocycles. The first-order valence-electron chi connectivity index (χ1n) is 7.37. The van der Waals surface area contributed by atoms with Crippen molar-refractivity contribution in [2.45, 2.75) is 19.1 Å². The van der Waals surface area contributed by atoms with E-state index in [0.29, 0.717) is 12.3 Å². The summed E-state index contributed by atoms with van der Waals surface area (Å²) in [5, 5.41) is 2.92. The van der Waals surface area contributed by atoms with E-state index in [4.69, 9.17) is 10.5 Å². The summed E-state index contributed by atoms with van der Waals surface area (Å²) in [6.07, 6.45) is 1.60. The molecule has 1 aliphatic rings. The van der Waals surface area contributed by atoms with E-state index in [1.54, 1.807) is 17.0 Å². The van der Waals surface area contributed by atoms with Gasteiger partial charge in [0, 0.05) is 12.3 Å². The molecule has 1 atom stereocenters. The molecule has 0 bridgehead atoms. The molecular formula is C17H19N3O2. The number of rotatable bonds is 3. The van der Waals surface area contributed by atoms with Gasteiger partial charge >= 0.3 is 6.03 Å². The van der Waals surface area contributed by atoms with Gasteiger partial charge < -0.3 is 15.8 Å². The predicted octanol–water partition coefficient (Wildman–Crippen LogP) is 3.25. The molecule has 0 aliphatic carbocycles. The quantitative estimate of drug-likeness (QED) is 0.855. The molecule has 22 heavy (non-hydrogen) atoms. The molecule has 2 amide bonds. The molecule has 5 heteroatoms.